The molecule has 0 saturated carbocycles. The molecule has 136 valence electrons. The Morgan fingerprint density at radius 2 is 2.00 bits per heavy atom. The van der Waals surface area contributed by atoms with Crippen LogP contribution in [0.15, 0.2) is 16.7 Å². The van der Waals surface area contributed by atoms with Crippen LogP contribution in [0.2, 0.25) is 0 Å². The lowest BCUT2D eigenvalue weighted by molar-refractivity contribution is 0.0204. The molecule has 3 rings (SSSR count). The van der Waals surface area contributed by atoms with Crippen LogP contribution in [0.4, 0.5) is 0 Å². The Labute approximate surface area is 147 Å². The van der Waals surface area contributed by atoms with E-state index in [2.05, 4.69) is 22.3 Å². The molecule has 1 aliphatic heterocycles. The lowest BCUT2D eigenvalue weighted by atomic mass is 10.2. The molecule has 2 aromatic rings. The topological polar surface area (TPSA) is 72.5 Å². The Balaban J connectivity index is 1.68. The number of nitrogens with one attached hydrogen (secondary N) is 1. The second-order valence-corrected chi connectivity index (χ2v) is 6.62. The summed E-state index contributed by atoms with van der Waals surface area (Å²) in [7, 11) is 0. The summed E-state index contributed by atoms with van der Waals surface area (Å²) < 4.78 is 12.5. The number of carbonyl (C=O) groups is 1. The number of nitrogens with zero attached hydrogens (tertiary/aromatic N) is 3. The van der Waals surface area contributed by atoms with Gasteiger partial charge in [-0.25, -0.2) is 0 Å². The fourth-order valence-corrected chi connectivity index (χ4v) is 3.29. The number of aromatic nitrogens is 2. The number of carbonyl (C=O) groups excluding carboxylic acids is 1. The fraction of sp³-hybridized carbons (Fsp3) is 0.556. The van der Waals surface area contributed by atoms with E-state index in [1.54, 1.807) is 0 Å². The molecule has 2 aromatic heterocycles. The number of rotatable bonds is 5. The standard InChI is InChI=1S/C18H26N4O3/c1-12-9-16(15(4)22(12)17-10-14(3)25-20-17)18(23)19-11-13(2)21-5-7-24-8-6-21/h9-10,13H,5-8,11H2,1-4H3,(H,19,23). The molecule has 1 fully saturated rings. The SMILES string of the molecule is Cc1cc(-n2c(C)cc(C(=O)NCC(C)N3CCOCC3)c2C)no1. The summed E-state index contributed by atoms with van der Waals surface area (Å²) >= 11 is 0. The maximum Gasteiger partial charge on any atom is 0.253 e. The van der Waals surface area contributed by atoms with Crippen LogP contribution in [-0.2, 0) is 4.74 Å². The van der Waals surface area contributed by atoms with Gasteiger partial charge in [0.2, 0.25) is 0 Å². The van der Waals surface area contributed by atoms with Crippen molar-refractivity contribution in [3.63, 3.8) is 0 Å². The van der Waals surface area contributed by atoms with E-state index >= 15 is 0 Å². The molecule has 1 unspecified atom stereocenters. The molecule has 7 nitrogen and oxygen atoms in total. The summed E-state index contributed by atoms with van der Waals surface area (Å²) in [5, 5.41) is 7.11. The van der Waals surface area contributed by atoms with Crippen LogP contribution in [0.3, 0.4) is 0 Å². The molecule has 0 aromatic carbocycles. The normalized spacial score (nSPS) is 16.8. The van der Waals surface area contributed by atoms with Crippen LogP contribution in [0.25, 0.3) is 5.82 Å². The van der Waals surface area contributed by atoms with Crippen LogP contribution in [0.5, 0.6) is 0 Å². The summed E-state index contributed by atoms with van der Waals surface area (Å²) in [6.07, 6.45) is 0. The maximum atomic E-state index is 12.6. The monoisotopic (exact) mass is 346 g/mol. The molecule has 0 aliphatic carbocycles. The van der Waals surface area contributed by atoms with Crippen LogP contribution < -0.4 is 5.32 Å². The number of morpholine rings is 1. The fourth-order valence-electron chi connectivity index (χ4n) is 3.29. The number of amides is 1. The zero-order valence-corrected chi connectivity index (χ0v) is 15.3. The van der Waals surface area contributed by atoms with Crippen molar-refractivity contribution in [2.45, 2.75) is 33.7 Å². The summed E-state index contributed by atoms with van der Waals surface area (Å²) in [4.78, 5) is 15.0. The highest BCUT2D eigenvalue weighted by atomic mass is 16.5. The van der Waals surface area contributed by atoms with Crippen LogP contribution in [-0.4, -0.2) is 59.4 Å². The van der Waals surface area contributed by atoms with Crippen molar-refractivity contribution in [2.75, 3.05) is 32.8 Å². The number of hydrogen-bond donors (Lipinski definition) is 1. The van der Waals surface area contributed by atoms with Gasteiger partial charge in [-0.1, -0.05) is 5.16 Å². The minimum atomic E-state index is -0.0559. The van der Waals surface area contributed by atoms with Gasteiger partial charge in [0.1, 0.15) is 5.76 Å². The molecule has 1 N–H and O–H groups in total. The van der Waals surface area contributed by atoms with Gasteiger partial charge in [0.15, 0.2) is 5.82 Å². The molecule has 25 heavy (non-hydrogen) atoms. The molecule has 1 saturated heterocycles. The quantitative estimate of drug-likeness (QED) is 0.894. The number of aryl methyl sites for hydroxylation is 2. The first-order valence-corrected chi connectivity index (χ1v) is 8.70. The van der Waals surface area contributed by atoms with E-state index in [4.69, 9.17) is 9.26 Å². The predicted molar refractivity (Wildman–Crippen MR) is 94.2 cm³/mol. The van der Waals surface area contributed by atoms with Crippen molar-refractivity contribution >= 4 is 5.91 Å². The van der Waals surface area contributed by atoms with E-state index in [1.165, 1.54) is 0 Å². The Morgan fingerprint density at radius 1 is 1.28 bits per heavy atom. The predicted octanol–water partition coefficient (Wildman–Crippen LogP) is 1.84. The maximum absolute atomic E-state index is 12.6. The smallest absolute Gasteiger partial charge is 0.253 e. The first-order chi connectivity index (χ1) is 12.0. The minimum Gasteiger partial charge on any atom is -0.379 e. The average Bonchev–Trinajstić information content (AvgIpc) is 3.15. The van der Waals surface area contributed by atoms with E-state index in [1.807, 2.05) is 37.5 Å². The van der Waals surface area contributed by atoms with E-state index < -0.39 is 0 Å². The second-order valence-electron chi connectivity index (χ2n) is 6.62. The molecule has 0 radical (unpaired) electrons. The number of ether oxygens (including phenoxy) is 1. The Bertz CT molecular complexity index is 744. The molecule has 0 bridgehead atoms. The molecule has 3 heterocycles. The van der Waals surface area contributed by atoms with E-state index in [0.717, 1.165) is 43.5 Å². The van der Waals surface area contributed by atoms with Crippen LogP contribution >= 0.6 is 0 Å². The lowest BCUT2D eigenvalue weighted by Crippen LogP contribution is -2.47. The first kappa shape index (κ1) is 17.7. The summed E-state index contributed by atoms with van der Waals surface area (Å²) in [5.74, 6) is 1.39. The summed E-state index contributed by atoms with van der Waals surface area (Å²) in [6.45, 7) is 11.8. The molecular formula is C18H26N4O3. The van der Waals surface area contributed by atoms with Crippen molar-refractivity contribution in [3.8, 4) is 5.82 Å². The van der Waals surface area contributed by atoms with Crippen LogP contribution in [0, 0.1) is 20.8 Å². The van der Waals surface area contributed by atoms with Crippen molar-refractivity contribution in [1.29, 1.82) is 0 Å². The third kappa shape index (κ3) is 3.77. The molecule has 0 spiro atoms. The highest BCUT2D eigenvalue weighted by Crippen LogP contribution is 2.20. The zero-order chi connectivity index (χ0) is 18.0. The highest BCUT2D eigenvalue weighted by molar-refractivity contribution is 5.95. The van der Waals surface area contributed by atoms with Crippen molar-refractivity contribution < 1.29 is 14.1 Å². The Hall–Kier alpha value is -2.12. The van der Waals surface area contributed by atoms with Crippen molar-refractivity contribution in [1.82, 2.24) is 19.9 Å². The van der Waals surface area contributed by atoms with Gasteiger partial charge in [-0.05, 0) is 33.8 Å². The van der Waals surface area contributed by atoms with E-state index in [9.17, 15) is 4.79 Å². The van der Waals surface area contributed by atoms with Gasteiger partial charge >= 0.3 is 0 Å². The van der Waals surface area contributed by atoms with Gasteiger partial charge in [0, 0.05) is 43.1 Å². The van der Waals surface area contributed by atoms with Gasteiger partial charge in [-0.3, -0.25) is 14.3 Å². The molecule has 7 heteroatoms. The molecule has 1 amide bonds. The van der Waals surface area contributed by atoms with Gasteiger partial charge in [0.05, 0.1) is 18.8 Å². The lowest BCUT2D eigenvalue weighted by Gasteiger charge is -2.32. The molecule has 1 aliphatic rings. The van der Waals surface area contributed by atoms with Gasteiger partial charge in [-0.15, -0.1) is 0 Å². The van der Waals surface area contributed by atoms with E-state index in [-0.39, 0.29) is 11.9 Å². The zero-order valence-electron chi connectivity index (χ0n) is 15.3. The van der Waals surface area contributed by atoms with E-state index in [0.29, 0.717) is 17.9 Å². The van der Waals surface area contributed by atoms with Gasteiger partial charge < -0.3 is 14.6 Å². The molecular weight excluding hydrogens is 320 g/mol. The largest absolute Gasteiger partial charge is 0.379 e. The van der Waals surface area contributed by atoms with Gasteiger partial charge in [-0.2, -0.15) is 0 Å². The summed E-state index contributed by atoms with van der Waals surface area (Å²) in [6, 6.07) is 4.05. The van der Waals surface area contributed by atoms with Crippen LogP contribution in [0.1, 0.15) is 34.4 Å². The third-order valence-corrected chi connectivity index (χ3v) is 4.75. The Kier molecular flexibility index (Phi) is 5.24. The van der Waals surface area contributed by atoms with Crippen molar-refractivity contribution in [2.24, 2.45) is 0 Å². The number of hydrogen-bond acceptors (Lipinski definition) is 5. The average molecular weight is 346 g/mol. The van der Waals surface area contributed by atoms with Crippen molar-refractivity contribution in [3.05, 3.63) is 34.8 Å². The second kappa shape index (κ2) is 7.41. The van der Waals surface area contributed by atoms with Gasteiger partial charge in [0.25, 0.3) is 5.91 Å². The third-order valence-electron chi connectivity index (χ3n) is 4.75. The molecule has 1 atom stereocenters. The highest BCUT2D eigenvalue weighted by Gasteiger charge is 2.21. The minimum absolute atomic E-state index is 0.0559. The first-order valence-electron chi connectivity index (χ1n) is 8.70. The Morgan fingerprint density at radius 3 is 2.64 bits per heavy atom. The summed E-state index contributed by atoms with van der Waals surface area (Å²) in [5.41, 5.74) is 2.49.